The predicted octanol–water partition coefficient (Wildman–Crippen LogP) is 2.02. The van der Waals surface area contributed by atoms with E-state index < -0.39 is 0 Å². The van der Waals surface area contributed by atoms with Crippen molar-refractivity contribution in [2.45, 2.75) is 6.54 Å². The molecule has 0 aliphatic rings. The summed E-state index contributed by atoms with van der Waals surface area (Å²) in [5.41, 5.74) is 7.64. The summed E-state index contributed by atoms with van der Waals surface area (Å²) < 4.78 is 0. The van der Waals surface area contributed by atoms with Crippen LogP contribution in [0, 0.1) is 0 Å². The number of rotatable bonds is 2. The molecule has 0 radical (unpaired) electrons. The van der Waals surface area contributed by atoms with Crippen LogP contribution in [0.5, 0.6) is 0 Å². The standard InChI is InChI=1S/C11H11N3.ClH/c12-8-9-2-4-10(5-3-9)11-13-6-1-7-14-11;/h1-7H,8,12H2;1H. The molecule has 4 heteroatoms. The lowest BCUT2D eigenvalue weighted by atomic mass is 10.1. The summed E-state index contributed by atoms with van der Waals surface area (Å²) in [5.74, 6) is 0.746. The molecule has 0 amide bonds. The van der Waals surface area contributed by atoms with Gasteiger partial charge in [0.25, 0.3) is 0 Å². The molecule has 0 aliphatic carbocycles. The molecule has 78 valence electrons. The second kappa shape index (κ2) is 5.44. The van der Waals surface area contributed by atoms with Crippen molar-refractivity contribution in [2.75, 3.05) is 0 Å². The van der Waals surface area contributed by atoms with Gasteiger partial charge in [-0.25, -0.2) is 9.97 Å². The van der Waals surface area contributed by atoms with Crippen LogP contribution in [0.2, 0.25) is 0 Å². The van der Waals surface area contributed by atoms with Crippen LogP contribution >= 0.6 is 12.4 Å². The van der Waals surface area contributed by atoms with E-state index in [9.17, 15) is 0 Å². The molecule has 3 nitrogen and oxygen atoms in total. The fourth-order valence-corrected chi connectivity index (χ4v) is 1.24. The molecule has 0 fully saturated rings. The number of aromatic nitrogens is 2. The van der Waals surface area contributed by atoms with Crippen molar-refractivity contribution in [3.05, 3.63) is 48.3 Å². The van der Waals surface area contributed by atoms with Gasteiger partial charge in [-0.3, -0.25) is 0 Å². The normalized spacial score (nSPS) is 9.40. The molecular weight excluding hydrogens is 210 g/mol. The Morgan fingerprint density at radius 1 is 1.00 bits per heavy atom. The SMILES string of the molecule is Cl.NCc1ccc(-c2ncccn2)cc1. The van der Waals surface area contributed by atoms with Crippen LogP contribution in [0.4, 0.5) is 0 Å². The monoisotopic (exact) mass is 221 g/mol. The highest BCUT2D eigenvalue weighted by Crippen LogP contribution is 2.13. The van der Waals surface area contributed by atoms with Crippen molar-refractivity contribution in [1.82, 2.24) is 9.97 Å². The van der Waals surface area contributed by atoms with E-state index in [2.05, 4.69) is 9.97 Å². The summed E-state index contributed by atoms with van der Waals surface area (Å²) in [7, 11) is 0. The minimum absolute atomic E-state index is 0. The first-order valence-corrected chi connectivity index (χ1v) is 4.46. The second-order valence-corrected chi connectivity index (χ2v) is 2.97. The highest BCUT2D eigenvalue weighted by Gasteiger charge is 1.98. The maximum atomic E-state index is 5.51. The van der Waals surface area contributed by atoms with Crippen LogP contribution in [0.15, 0.2) is 42.7 Å². The Hall–Kier alpha value is -1.45. The molecule has 2 aromatic rings. The zero-order valence-corrected chi connectivity index (χ0v) is 8.95. The first kappa shape index (κ1) is 11.6. The van der Waals surface area contributed by atoms with Crippen LogP contribution in [-0.4, -0.2) is 9.97 Å². The highest BCUT2D eigenvalue weighted by atomic mass is 35.5. The van der Waals surface area contributed by atoms with Crippen molar-refractivity contribution in [3.63, 3.8) is 0 Å². The van der Waals surface area contributed by atoms with Gasteiger partial charge in [0.2, 0.25) is 0 Å². The molecule has 1 aromatic heterocycles. The molecule has 0 unspecified atom stereocenters. The first-order valence-electron chi connectivity index (χ1n) is 4.46. The van der Waals surface area contributed by atoms with E-state index >= 15 is 0 Å². The van der Waals surface area contributed by atoms with Gasteiger partial charge in [0.15, 0.2) is 5.82 Å². The van der Waals surface area contributed by atoms with Crippen molar-refractivity contribution in [1.29, 1.82) is 0 Å². The van der Waals surface area contributed by atoms with Crippen molar-refractivity contribution in [3.8, 4) is 11.4 Å². The van der Waals surface area contributed by atoms with E-state index in [-0.39, 0.29) is 12.4 Å². The van der Waals surface area contributed by atoms with E-state index in [4.69, 9.17) is 5.73 Å². The summed E-state index contributed by atoms with van der Waals surface area (Å²) >= 11 is 0. The number of nitrogens with zero attached hydrogens (tertiary/aromatic N) is 2. The minimum Gasteiger partial charge on any atom is -0.326 e. The van der Waals surface area contributed by atoms with E-state index in [0.717, 1.165) is 17.0 Å². The van der Waals surface area contributed by atoms with Crippen LogP contribution in [-0.2, 0) is 6.54 Å². The Morgan fingerprint density at radius 2 is 1.60 bits per heavy atom. The summed E-state index contributed by atoms with van der Waals surface area (Å²) in [4.78, 5) is 8.32. The molecular formula is C11H12ClN3. The van der Waals surface area contributed by atoms with Gasteiger partial charge in [0.05, 0.1) is 0 Å². The lowest BCUT2D eigenvalue weighted by Gasteiger charge is -2.00. The average molecular weight is 222 g/mol. The topological polar surface area (TPSA) is 51.8 Å². The zero-order chi connectivity index (χ0) is 9.80. The molecule has 0 bridgehead atoms. The fourth-order valence-electron chi connectivity index (χ4n) is 1.24. The molecule has 1 heterocycles. The Bertz CT molecular complexity index is 400. The molecule has 2 rings (SSSR count). The van der Waals surface area contributed by atoms with Crippen LogP contribution in [0.1, 0.15) is 5.56 Å². The molecule has 0 saturated heterocycles. The highest BCUT2D eigenvalue weighted by molar-refractivity contribution is 5.85. The van der Waals surface area contributed by atoms with E-state index in [1.165, 1.54) is 0 Å². The van der Waals surface area contributed by atoms with Crippen LogP contribution < -0.4 is 5.73 Å². The van der Waals surface area contributed by atoms with E-state index in [1.807, 2.05) is 24.3 Å². The average Bonchev–Trinajstić information content (AvgIpc) is 2.30. The lowest BCUT2D eigenvalue weighted by molar-refractivity contribution is 1.07. The second-order valence-electron chi connectivity index (χ2n) is 2.97. The summed E-state index contributed by atoms with van der Waals surface area (Å²) in [6.07, 6.45) is 3.47. The summed E-state index contributed by atoms with van der Waals surface area (Å²) in [6.45, 7) is 0.565. The van der Waals surface area contributed by atoms with Crippen molar-refractivity contribution >= 4 is 12.4 Å². The third-order valence-corrected chi connectivity index (χ3v) is 2.01. The third-order valence-electron chi connectivity index (χ3n) is 2.01. The van der Waals surface area contributed by atoms with Crippen LogP contribution in [0.3, 0.4) is 0 Å². The minimum atomic E-state index is 0. The molecule has 0 saturated carbocycles. The predicted molar refractivity (Wildman–Crippen MR) is 62.6 cm³/mol. The maximum absolute atomic E-state index is 5.51. The molecule has 1 aromatic carbocycles. The Morgan fingerprint density at radius 3 is 2.13 bits per heavy atom. The van der Waals surface area contributed by atoms with Gasteiger partial charge >= 0.3 is 0 Å². The third kappa shape index (κ3) is 2.75. The van der Waals surface area contributed by atoms with Gasteiger partial charge < -0.3 is 5.73 Å². The number of hydrogen-bond donors (Lipinski definition) is 1. The molecule has 15 heavy (non-hydrogen) atoms. The van der Waals surface area contributed by atoms with Gasteiger partial charge in [-0.1, -0.05) is 24.3 Å². The molecule has 0 aliphatic heterocycles. The summed E-state index contributed by atoms with van der Waals surface area (Å²) in [5, 5.41) is 0. The maximum Gasteiger partial charge on any atom is 0.159 e. The van der Waals surface area contributed by atoms with Crippen LogP contribution in [0.25, 0.3) is 11.4 Å². The molecule has 0 atom stereocenters. The first-order chi connectivity index (χ1) is 6.90. The smallest absolute Gasteiger partial charge is 0.159 e. The van der Waals surface area contributed by atoms with Crippen molar-refractivity contribution < 1.29 is 0 Å². The largest absolute Gasteiger partial charge is 0.326 e. The quantitative estimate of drug-likeness (QED) is 0.844. The number of halogens is 1. The Balaban J connectivity index is 0.00000112. The summed E-state index contributed by atoms with van der Waals surface area (Å²) in [6, 6.07) is 9.75. The number of nitrogens with two attached hydrogens (primary N) is 1. The molecule has 0 spiro atoms. The lowest BCUT2D eigenvalue weighted by Crippen LogP contribution is -1.95. The number of benzene rings is 1. The van der Waals surface area contributed by atoms with E-state index in [0.29, 0.717) is 6.54 Å². The van der Waals surface area contributed by atoms with Gasteiger partial charge in [-0.05, 0) is 11.6 Å². The Labute approximate surface area is 94.8 Å². The van der Waals surface area contributed by atoms with Gasteiger partial charge in [-0.2, -0.15) is 0 Å². The van der Waals surface area contributed by atoms with Gasteiger partial charge in [0, 0.05) is 24.5 Å². The van der Waals surface area contributed by atoms with E-state index in [1.54, 1.807) is 18.5 Å². The Kier molecular flexibility index (Phi) is 4.21. The zero-order valence-electron chi connectivity index (χ0n) is 8.13. The number of hydrogen-bond acceptors (Lipinski definition) is 3. The molecule has 2 N–H and O–H groups in total. The fraction of sp³-hybridized carbons (Fsp3) is 0.0909. The van der Waals surface area contributed by atoms with Gasteiger partial charge in [-0.15, -0.1) is 12.4 Å². The van der Waals surface area contributed by atoms with Crippen molar-refractivity contribution in [2.24, 2.45) is 5.73 Å². The van der Waals surface area contributed by atoms with Gasteiger partial charge in [0.1, 0.15) is 0 Å².